The van der Waals surface area contributed by atoms with Gasteiger partial charge in [0.1, 0.15) is 5.69 Å². The quantitative estimate of drug-likeness (QED) is 0.697. The summed E-state index contributed by atoms with van der Waals surface area (Å²) in [7, 11) is 0. The number of carbonyl (C=O) groups is 1. The molecule has 0 bridgehead atoms. The highest BCUT2D eigenvalue weighted by molar-refractivity contribution is 6.08. The Morgan fingerprint density at radius 3 is 2.90 bits per heavy atom. The van der Waals surface area contributed by atoms with Crippen LogP contribution in [0.3, 0.4) is 0 Å². The third kappa shape index (κ3) is 4.02. The topological polar surface area (TPSA) is 89.0 Å². The van der Waals surface area contributed by atoms with Gasteiger partial charge in [-0.15, -0.1) is 0 Å². The van der Waals surface area contributed by atoms with Crippen LogP contribution >= 0.6 is 0 Å². The fourth-order valence-corrected chi connectivity index (χ4v) is 3.36. The first-order chi connectivity index (χ1) is 13.8. The first kappa shape index (κ1) is 19.2. The molecule has 1 atom stereocenters. The Labute approximate surface area is 162 Å². The number of amides is 1. The SMILES string of the molecule is O=C(Nc1cccc(C(F)(F)F)c1)c1cn(C[C@H]2CCCO2)cc2c(=O)[nH]nc1-2. The Kier molecular flexibility index (Phi) is 4.87. The van der Waals surface area contributed by atoms with Gasteiger partial charge in [0.2, 0.25) is 0 Å². The molecular formula is C19H17F3N4O3. The molecule has 152 valence electrons. The second kappa shape index (κ2) is 7.36. The van der Waals surface area contributed by atoms with E-state index in [1.807, 2.05) is 0 Å². The van der Waals surface area contributed by atoms with Crippen molar-refractivity contribution in [2.75, 3.05) is 11.9 Å². The average molecular weight is 406 g/mol. The van der Waals surface area contributed by atoms with E-state index in [1.165, 1.54) is 18.3 Å². The zero-order chi connectivity index (χ0) is 20.6. The molecule has 3 aliphatic rings. The molecule has 1 saturated heterocycles. The fraction of sp³-hybridized carbons (Fsp3) is 0.316. The summed E-state index contributed by atoms with van der Waals surface area (Å²) in [6, 6.07) is 4.34. The molecule has 3 aliphatic heterocycles. The van der Waals surface area contributed by atoms with E-state index in [-0.39, 0.29) is 28.6 Å². The Bertz CT molecular complexity index is 1070. The highest BCUT2D eigenvalue weighted by Crippen LogP contribution is 2.31. The lowest BCUT2D eigenvalue weighted by molar-refractivity contribution is -0.137. The molecule has 4 rings (SSSR count). The lowest BCUT2D eigenvalue weighted by Gasteiger charge is -2.16. The van der Waals surface area contributed by atoms with Gasteiger partial charge in [0.05, 0.1) is 22.8 Å². The van der Waals surface area contributed by atoms with Crippen LogP contribution in [0.2, 0.25) is 0 Å². The lowest BCUT2D eigenvalue weighted by Crippen LogP contribution is -2.20. The first-order valence-corrected chi connectivity index (χ1v) is 8.99. The van der Waals surface area contributed by atoms with Crippen LogP contribution in [0.4, 0.5) is 18.9 Å². The smallest absolute Gasteiger partial charge is 0.376 e. The number of rotatable bonds is 4. The number of halogens is 3. The van der Waals surface area contributed by atoms with E-state index in [2.05, 4.69) is 15.5 Å². The molecule has 0 saturated carbocycles. The maximum Gasteiger partial charge on any atom is 0.416 e. The standard InChI is InChI=1S/C19H17F3N4O3/c20-19(21,22)11-3-1-4-12(7-11)23-17(27)14-9-26(8-13-5-2-6-29-13)10-15-16(14)24-25-18(15)28/h1,3-4,7,9-10,13H,2,5-6,8H2,(H,23,27)(H,25,28)/t13-/m1/s1. The number of H-pyrrole nitrogens is 1. The molecule has 1 fully saturated rings. The van der Waals surface area contributed by atoms with Gasteiger partial charge in [0.25, 0.3) is 11.5 Å². The number of ether oxygens (including phenoxy) is 1. The number of alkyl halides is 3. The third-order valence-electron chi connectivity index (χ3n) is 4.74. The van der Waals surface area contributed by atoms with E-state index in [0.29, 0.717) is 13.2 Å². The first-order valence-electron chi connectivity index (χ1n) is 8.99. The summed E-state index contributed by atoms with van der Waals surface area (Å²) in [4.78, 5) is 24.8. The molecule has 7 nitrogen and oxygen atoms in total. The van der Waals surface area contributed by atoms with Gasteiger partial charge in [-0.2, -0.15) is 18.3 Å². The summed E-state index contributed by atoms with van der Waals surface area (Å²) in [6.07, 6.45) is 0.363. The Morgan fingerprint density at radius 1 is 1.34 bits per heavy atom. The van der Waals surface area contributed by atoms with Gasteiger partial charge in [-0.25, -0.2) is 5.10 Å². The van der Waals surface area contributed by atoms with Gasteiger partial charge < -0.3 is 14.6 Å². The molecule has 1 amide bonds. The van der Waals surface area contributed by atoms with Crippen molar-refractivity contribution in [1.82, 2.24) is 14.8 Å². The minimum atomic E-state index is -4.52. The predicted octanol–water partition coefficient (Wildman–Crippen LogP) is 3.13. The van der Waals surface area contributed by atoms with Crippen molar-refractivity contribution in [2.24, 2.45) is 0 Å². The zero-order valence-corrected chi connectivity index (χ0v) is 15.1. The molecule has 0 radical (unpaired) electrons. The highest BCUT2D eigenvalue weighted by atomic mass is 19.4. The molecule has 1 aromatic rings. The van der Waals surface area contributed by atoms with Crippen molar-refractivity contribution in [3.63, 3.8) is 0 Å². The number of nitrogens with zero attached hydrogens (tertiary/aromatic N) is 2. The minimum Gasteiger partial charge on any atom is -0.376 e. The number of aromatic nitrogens is 3. The fourth-order valence-electron chi connectivity index (χ4n) is 3.36. The second-order valence-corrected chi connectivity index (χ2v) is 6.85. The van der Waals surface area contributed by atoms with Crippen molar-refractivity contribution in [3.05, 3.63) is 58.1 Å². The Balaban J connectivity index is 1.65. The van der Waals surface area contributed by atoms with Crippen molar-refractivity contribution in [1.29, 1.82) is 0 Å². The van der Waals surface area contributed by atoms with E-state index in [9.17, 15) is 22.8 Å². The zero-order valence-electron chi connectivity index (χ0n) is 15.1. The van der Waals surface area contributed by atoms with Gasteiger partial charge in [-0.05, 0) is 31.0 Å². The van der Waals surface area contributed by atoms with E-state index in [0.717, 1.165) is 25.0 Å². The number of hydrogen-bond donors (Lipinski definition) is 2. The number of benzene rings is 1. The summed E-state index contributed by atoms with van der Waals surface area (Å²) in [5, 5.41) is 8.65. The molecule has 2 N–H and O–H groups in total. The van der Waals surface area contributed by atoms with Crippen LogP contribution in [0.5, 0.6) is 0 Å². The number of carbonyl (C=O) groups excluding carboxylic acids is 1. The van der Waals surface area contributed by atoms with Crippen LogP contribution in [-0.2, 0) is 17.5 Å². The van der Waals surface area contributed by atoms with E-state index in [1.54, 1.807) is 10.8 Å². The normalized spacial score (nSPS) is 17.0. The number of hydrogen-bond acceptors (Lipinski definition) is 4. The van der Waals surface area contributed by atoms with E-state index < -0.39 is 23.2 Å². The van der Waals surface area contributed by atoms with E-state index in [4.69, 9.17) is 4.74 Å². The Morgan fingerprint density at radius 2 is 2.17 bits per heavy atom. The average Bonchev–Trinajstić information content (AvgIpc) is 3.31. The summed E-state index contributed by atoms with van der Waals surface area (Å²) in [6.45, 7) is 1.11. The third-order valence-corrected chi connectivity index (χ3v) is 4.74. The number of aromatic amines is 1. The molecular weight excluding hydrogens is 389 g/mol. The molecule has 3 heterocycles. The molecule has 10 heteroatoms. The number of nitrogens with one attached hydrogen (secondary N) is 2. The van der Waals surface area contributed by atoms with Crippen LogP contribution in [0, 0.1) is 0 Å². The highest BCUT2D eigenvalue weighted by Gasteiger charge is 2.31. The van der Waals surface area contributed by atoms with E-state index >= 15 is 0 Å². The molecule has 0 aromatic heterocycles. The van der Waals surface area contributed by atoms with Crippen LogP contribution in [0.25, 0.3) is 11.3 Å². The van der Waals surface area contributed by atoms with Crippen molar-refractivity contribution < 1.29 is 22.7 Å². The molecule has 0 aliphatic carbocycles. The van der Waals surface area contributed by atoms with Crippen molar-refractivity contribution >= 4 is 11.6 Å². The van der Waals surface area contributed by atoms with Gasteiger partial charge in [-0.3, -0.25) is 9.59 Å². The molecule has 0 spiro atoms. The molecule has 29 heavy (non-hydrogen) atoms. The van der Waals surface area contributed by atoms with Gasteiger partial charge in [-0.1, -0.05) is 6.07 Å². The van der Waals surface area contributed by atoms with Gasteiger partial charge in [0.15, 0.2) is 0 Å². The largest absolute Gasteiger partial charge is 0.416 e. The lowest BCUT2D eigenvalue weighted by atomic mass is 10.1. The number of pyridine rings is 1. The summed E-state index contributed by atoms with van der Waals surface area (Å²) >= 11 is 0. The monoisotopic (exact) mass is 406 g/mol. The van der Waals surface area contributed by atoms with Crippen LogP contribution in [0.1, 0.15) is 28.8 Å². The van der Waals surface area contributed by atoms with Crippen LogP contribution in [0.15, 0.2) is 41.5 Å². The van der Waals surface area contributed by atoms with Crippen molar-refractivity contribution in [2.45, 2.75) is 31.7 Å². The number of fused-ring (bicyclic) bond motifs is 1. The predicted molar refractivity (Wildman–Crippen MR) is 97.8 cm³/mol. The summed E-state index contributed by atoms with van der Waals surface area (Å²) in [5.41, 5.74) is -0.872. The summed E-state index contributed by atoms with van der Waals surface area (Å²) in [5.74, 6) is -0.664. The van der Waals surface area contributed by atoms with Crippen LogP contribution < -0.4 is 10.9 Å². The Hall–Kier alpha value is -3.14. The van der Waals surface area contributed by atoms with Crippen molar-refractivity contribution in [3.8, 4) is 11.3 Å². The maximum atomic E-state index is 12.9. The minimum absolute atomic E-state index is 0.00890. The molecule has 0 unspecified atom stereocenters. The summed E-state index contributed by atoms with van der Waals surface area (Å²) < 4.78 is 46.0. The number of anilines is 1. The maximum absolute atomic E-state index is 12.9. The van der Waals surface area contributed by atoms with Gasteiger partial charge >= 0.3 is 6.18 Å². The second-order valence-electron chi connectivity index (χ2n) is 6.85. The molecule has 1 aromatic carbocycles. The van der Waals surface area contributed by atoms with Gasteiger partial charge in [0, 0.05) is 31.2 Å². The van der Waals surface area contributed by atoms with Crippen LogP contribution in [-0.4, -0.2) is 33.4 Å².